The zero-order valence-corrected chi connectivity index (χ0v) is 13.3. The molecule has 0 saturated heterocycles. The lowest BCUT2D eigenvalue weighted by atomic mass is 9.85. The van der Waals surface area contributed by atoms with Gasteiger partial charge in [-0.15, -0.1) is 11.8 Å². The third-order valence-electron chi connectivity index (χ3n) is 2.96. The van der Waals surface area contributed by atoms with E-state index in [1.807, 2.05) is 43.5 Å². The summed E-state index contributed by atoms with van der Waals surface area (Å²) in [5, 5.41) is 0. The minimum Gasteiger partial charge on any atom is -0.460 e. The van der Waals surface area contributed by atoms with E-state index in [-0.39, 0.29) is 11.4 Å². The van der Waals surface area contributed by atoms with Gasteiger partial charge in [-0.2, -0.15) is 0 Å². The number of ether oxygens (including phenoxy) is 1. The maximum absolute atomic E-state index is 12.3. The minimum atomic E-state index is -0.479. The van der Waals surface area contributed by atoms with Crippen LogP contribution in [0.5, 0.6) is 0 Å². The van der Waals surface area contributed by atoms with Crippen molar-refractivity contribution < 1.29 is 9.53 Å². The van der Waals surface area contributed by atoms with E-state index < -0.39 is 4.75 Å². The Labute approximate surface area is 120 Å². The fourth-order valence-corrected chi connectivity index (χ4v) is 2.92. The molecule has 0 aliphatic carbocycles. The first-order valence-corrected chi connectivity index (χ1v) is 7.76. The monoisotopic (exact) mass is 280 g/mol. The number of carbonyl (C=O) groups is 1. The quantitative estimate of drug-likeness (QED) is 0.753. The summed E-state index contributed by atoms with van der Waals surface area (Å²) in [6, 6.07) is 9.79. The van der Waals surface area contributed by atoms with E-state index in [0.29, 0.717) is 6.61 Å². The predicted molar refractivity (Wildman–Crippen MR) is 82.2 cm³/mol. The lowest BCUT2D eigenvalue weighted by molar-refractivity contribution is -0.148. The summed E-state index contributed by atoms with van der Waals surface area (Å²) in [6.45, 7) is 8.75. The second-order valence-corrected chi connectivity index (χ2v) is 7.54. The summed E-state index contributed by atoms with van der Waals surface area (Å²) >= 11 is 1.57. The molecule has 0 amide bonds. The molecule has 1 aromatic carbocycles. The summed E-state index contributed by atoms with van der Waals surface area (Å²) in [5.41, 5.74) is 1.12. The molecule has 0 fully saturated rings. The third kappa shape index (κ3) is 5.27. The topological polar surface area (TPSA) is 26.3 Å². The van der Waals surface area contributed by atoms with Gasteiger partial charge >= 0.3 is 5.97 Å². The average molecular weight is 280 g/mol. The SMILES string of the molecule is CSC(C)(CC(C)(C)C)C(=O)OCc1ccccc1. The highest BCUT2D eigenvalue weighted by atomic mass is 32.2. The molecule has 19 heavy (non-hydrogen) atoms. The standard InChI is InChI=1S/C16H24O2S/c1-15(2,3)12-16(4,19-5)14(17)18-11-13-9-7-6-8-10-13/h6-10H,11-12H2,1-5H3. The molecule has 1 unspecified atom stereocenters. The number of esters is 1. The van der Waals surface area contributed by atoms with Crippen LogP contribution in [-0.2, 0) is 16.1 Å². The van der Waals surface area contributed by atoms with Gasteiger partial charge in [-0.05, 0) is 30.6 Å². The molecule has 0 aromatic heterocycles. The highest BCUT2D eigenvalue weighted by molar-refractivity contribution is 8.00. The lowest BCUT2D eigenvalue weighted by Gasteiger charge is -2.32. The Morgan fingerprint density at radius 2 is 1.74 bits per heavy atom. The summed E-state index contributed by atoms with van der Waals surface area (Å²) in [5.74, 6) is -0.126. The first-order chi connectivity index (χ1) is 8.77. The van der Waals surface area contributed by atoms with Gasteiger partial charge in [0, 0.05) is 0 Å². The van der Waals surface area contributed by atoms with Gasteiger partial charge in [-0.1, -0.05) is 51.1 Å². The highest BCUT2D eigenvalue weighted by Gasteiger charge is 2.37. The normalized spacial score (nSPS) is 14.8. The van der Waals surface area contributed by atoms with Crippen molar-refractivity contribution in [2.24, 2.45) is 5.41 Å². The van der Waals surface area contributed by atoms with Gasteiger partial charge in [0.2, 0.25) is 0 Å². The fourth-order valence-electron chi connectivity index (χ4n) is 2.12. The van der Waals surface area contributed by atoms with E-state index in [4.69, 9.17) is 4.74 Å². The Kier molecular flexibility index (Phi) is 5.48. The molecule has 1 aromatic rings. The summed E-state index contributed by atoms with van der Waals surface area (Å²) in [6.07, 6.45) is 2.77. The first kappa shape index (κ1) is 16.1. The van der Waals surface area contributed by atoms with E-state index in [0.717, 1.165) is 12.0 Å². The van der Waals surface area contributed by atoms with Gasteiger partial charge in [0.1, 0.15) is 11.4 Å². The van der Waals surface area contributed by atoms with Crippen LogP contribution in [0.15, 0.2) is 30.3 Å². The number of thioether (sulfide) groups is 1. The molecule has 1 rings (SSSR count). The molecular weight excluding hydrogens is 256 g/mol. The summed E-state index contributed by atoms with van der Waals surface area (Å²) in [4.78, 5) is 12.3. The second-order valence-electron chi connectivity index (χ2n) is 6.23. The Bertz CT molecular complexity index is 409. The Balaban J connectivity index is 2.64. The molecular formula is C16H24O2S. The van der Waals surface area contributed by atoms with Crippen molar-refractivity contribution in [2.75, 3.05) is 6.26 Å². The fraction of sp³-hybridized carbons (Fsp3) is 0.562. The molecule has 0 aliphatic rings. The maximum Gasteiger partial charge on any atom is 0.322 e. The van der Waals surface area contributed by atoms with Gasteiger partial charge in [0.05, 0.1) is 0 Å². The van der Waals surface area contributed by atoms with Crippen LogP contribution in [0.25, 0.3) is 0 Å². The number of rotatable bonds is 5. The van der Waals surface area contributed by atoms with Crippen molar-refractivity contribution in [2.45, 2.75) is 45.5 Å². The number of hydrogen-bond donors (Lipinski definition) is 0. The maximum atomic E-state index is 12.3. The van der Waals surface area contributed by atoms with Crippen LogP contribution >= 0.6 is 11.8 Å². The molecule has 2 nitrogen and oxygen atoms in total. The van der Waals surface area contributed by atoms with Gasteiger partial charge in [0.25, 0.3) is 0 Å². The van der Waals surface area contributed by atoms with Crippen LogP contribution in [0.1, 0.15) is 39.7 Å². The zero-order chi connectivity index (χ0) is 14.5. The number of carbonyl (C=O) groups excluding carboxylic acids is 1. The Morgan fingerprint density at radius 1 is 1.16 bits per heavy atom. The molecule has 0 aliphatic heterocycles. The van der Waals surface area contributed by atoms with E-state index in [2.05, 4.69) is 20.8 Å². The lowest BCUT2D eigenvalue weighted by Crippen LogP contribution is -2.37. The van der Waals surface area contributed by atoms with Crippen molar-refractivity contribution in [1.29, 1.82) is 0 Å². The predicted octanol–water partition coefficient (Wildman–Crippen LogP) is 4.29. The Hall–Kier alpha value is -0.960. The molecule has 3 heteroatoms. The van der Waals surface area contributed by atoms with E-state index >= 15 is 0 Å². The number of benzene rings is 1. The van der Waals surface area contributed by atoms with Crippen LogP contribution in [0.3, 0.4) is 0 Å². The summed E-state index contributed by atoms with van der Waals surface area (Å²) < 4.78 is 4.99. The molecule has 0 bridgehead atoms. The Morgan fingerprint density at radius 3 is 2.21 bits per heavy atom. The summed E-state index contributed by atoms with van der Waals surface area (Å²) in [7, 11) is 0. The molecule has 0 saturated carbocycles. The van der Waals surface area contributed by atoms with Crippen molar-refractivity contribution in [3.8, 4) is 0 Å². The van der Waals surface area contributed by atoms with Crippen molar-refractivity contribution >= 4 is 17.7 Å². The van der Waals surface area contributed by atoms with Crippen molar-refractivity contribution in [3.05, 3.63) is 35.9 Å². The molecule has 1 atom stereocenters. The minimum absolute atomic E-state index is 0.101. The van der Waals surface area contributed by atoms with Crippen LogP contribution in [0, 0.1) is 5.41 Å². The van der Waals surface area contributed by atoms with E-state index in [9.17, 15) is 4.79 Å². The molecule has 0 radical (unpaired) electrons. The largest absolute Gasteiger partial charge is 0.460 e. The molecule has 0 N–H and O–H groups in total. The van der Waals surface area contributed by atoms with E-state index in [1.54, 1.807) is 11.8 Å². The van der Waals surface area contributed by atoms with Crippen LogP contribution in [0.2, 0.25) is 0 Å². The average Bonchev–Trinajstić information content (AvgIpc) is 2.35. The first-order valence-electron chi connectivity index (χ1n) is 6.53. The molecule has 0 spiro atoms. The van der Waals surface area contributed by atoms with Gasteiger partial charge < -0.3 is 4.74 Å². The molecule has 106 valence electrons. The zero-order valence-electron chi connectivity index (χ0n) is 12.5. The van der Waals surface area contributed by atoms with Crippen LogP contribution < -0.4 is 0 Å². The highest BCUT2D eigenvalue weighted by Crippen LogP contribution is 2.36. The smallest absolute Gasteiger partial charge is 0.322 e. The third-order valence-corrected chi connectivity index (χ3v) is 4.17. The molecule has 0 heterocycles. The number of hydrogen-bond acceptors (Lipinski definition) is 3. The van der Waals surface area contributed by atoms with Gasteiger partial charge in [0.15, 0.2) is 0 Å². The van der Waals surface area contributed by atoms with Gasteiger partial charge in [-0.3, -0.25) is 4.79 Å². The van der Waals surface area contributed by atoms with Crippen molar-refractivity contribution in [3.63, 3.8) is 0 Å². The van der Waals surface area contributed by atoms with Crippen LogP contribution in [-0.4, -0.2) is 17.0 Å². The van der Waals surface area contributed by atoms with Crippen LogP contribution in [0.4, 0.5) is 0 Å². The van der Waals surface area contributed by atoms with Crippen molar-refractivity contribution in [1.82, 2.24) is 0 Å². The second kappa shape index (κ2) is 6.47. The van der Waals surface area contributed by atoms with Gasteiger partial charge in [-0.25, -0.2) is 0 Å². The van der Waals surface area contributed by atoms with E-state index in [1.165, 1.54) is 0 Å².